The van der Waals surface area contributed by atoms with E-state index in [1.807, 2.05) is 30.3 Å². The highest BCUT2D eigenvalue weighted by molar-refractivity contribution is 6.15. The van der Waals surface area contributed by atoms with Crippen LogP contribution in [0.25, 0.3) is 17.0 Å². The van der Waals surface area contributed by atoms with Crippen LogP contribution in [0, 0.1) is 0 Å². The van der Waals surface area contributed by atoms with Crippen molar-refractivity contribution in [2.45, 2.75) is 6.92 Å². The number of aliphatic imine (C=N–C) groups is 1. The second-order valence-electron chi connectivity index (χ2n) is 7.07. The van der Waals surface area contributed by atoms with Crippen molar-refractivity contribution in [2.75, 3.05) is 19.1 Å². The fourth-order valence-corrected chi connectivity index (χ4v) is 2.90. The van der Waals surface area contributed by atoms with E-state index in [0.717, 1.165) is 11.8 Å². The van der Waals surface area contributed by atoms with Gasteiger partial charge < -0.3 is 20.0 Å². The zero-order chi connectivity index (χ0) is 25.8. The van der Waals surface area contributed by atoms with Gasteiger partial charge in [-0.15, -0.1) is 10.2 Å². The van der Waals surface area contributed by atoms with Gasteiger partial charge in [-0.2, -0.15) is 0 Å². The third-order valence-electron chi connectivity index (χ3n) is 4.67. The predicted octanol–water partition coefficient (Wildman–Crippen LogP) is 3.68. The van der Waals surface area contributed by atoms with Gasteiger partial charge in [0.05, 0.1) is 25.6 Å². The van der Waals surface area contributed by atoms with Gasteiger partial charge in [0.15, 0.2) is 11.5 Å². The first kappa shape index (κ1) is 25.6. The van der Waals surface area contributed by atoms with Crippen LogP contribution in [0.3, 0.4) is 0 Å². The van der Waals surface area contributed by atoms with Gasteiger partial charge in [0, 0.05) is 17.3 Å². The number of aliphatic hydroxyl groups is 1. The van der Waals surface area contributed by atoms with Gasteiger partial charge in [-0.05, 0) is 19.1 Å². The SMILES string of the molecule is CCOC(=O)C(/C=N/C(=C\NNc1ccc(-c2ccccc2)nn1)C(=O)OC)=C(/O)c1ccccc1. The molecule has 0 aliphatic carbocycles. The van der Waals surface area contributed by atoms with Gasteiger partial charge in [-0.25, -0.2) is 14.6 Å². The largest absolute Gasteiger partial charge is 0.506 e. The second kappa shape index (κ2) is 13.0. The number of carbonyl (C=O) groups is 2. The molecule has 1 aromatic heterocycles. The number of hydrogen-bond acceptors (Lipinski definition) is 10. The summed E-state index contributed by atoms with van der Waals surface area (Å²) in [6.07, 6.45) is 2.26. The summed E-state index contributed by atoms with van der Waals surface area (Å²) < 4.78 is 9.77. The summed E-state index contributed by atoms with van der Waals surface area (Å²) >= 11 is 0. The lowest BCUT2D eigenvalue weighted by Crippen LogP contribution is -2.19. The molecule has 0 bridgehead atoms. The Labute approximate surface area is 208 Å². The lowest BCUT2D eigenvalue weighted by Gasteiger charge is -2.08. The van der Waals surface area contributed by atoms with E-state index >= 15 is 0 Å². The Morgan fingerprint density at radius 3 is 2.28 bits per heavy atom. The van der Waals surface area contributed by atoms with Crippen LogP contribution in [0.1, 0.15) is 12.5 Å². The predicted molar refractivity (Wildman–Crippen MR) is 135 cm³/mol. The molecular formula is C26H25N5O5. The van der Waals surface area contributed by atoms with Gasteiger partial charge in [0.25, 0.3) is 0 Å². The molecule has 1 heterocycles. The zero-order valence-electron chi connectivity index (χ0n) is 19.7. The fraction of sp³-hybridized carbons (Fsp3) is 0.115. The van der Waals surface area contributed by atoms with Crippen molar-refractivity contribution in [3.05, 3.63) is 95.8 Å². The maximum absolute atomic E-state index is 12.4. The molecule has 0 unspecified atom stereocenters. The lowest BCUT2D eigenvalue weighted by molar-refractivity contribution is -0.138. The number of hydrazine groups is 1. The number of carbonyl (C=O) groups excluding carboxylic acids is 2. The molecule has 0 saturated heterocycles. The normalized spacial score (nSPS) is 12.0. The number of ether oxygens (including phenoxy) is 2. The average Bonchev–Trinajstić information content (AvgIpc) is 2.93. The van der Waals surface area contributed by atoms with E-state index in [0.29, 0.717) is 17.1 Å². The Balaban J connectivity index is 1.78. The molecule has 10 nitrogen and oxygen atoms in total. The number of aromatic nitrogens is 2. The maximum Gasteiger partial charge on any atom is 0.358 e. The number of anilines is 1. The Kier molecular flexibility index (Phi) is 9.28. The van der Waals surface area contributed by atoms with E-state index in [1.54, 1.807) is 49.4 Å². The summed E-state index contributed by atoms with van der Waals surface area (Å²) in [5.41, 5.74) is 7.06. The van der Waals surface area contributed by atoms with Crippen LogP contribution >= 0.6 is 0 Å². The van der Waals surface area contributed by atoms with Crippen LogP contribution in [-0.4, -0.2) is 47.2 Å². The first-order valence-electron chi connectivity index (χ1n) is 10.9. The molecule has 0 saturated carbocycles. The summed E-state index contributed by atoms with van der Waals surface area (Å²) in [7, 11) is 1.19. The van der Waals surface area contributed by atoms with E-state index in [-0.39, 0.29) is 23.6 Å². The van der Waals surface area contributed by atoms with Gasteiger partial charge in [-0.3, -0.25) is 5.43 Å². The average molecular weight is 488 g/mol. The first-order valence-corrected chi connectivity index (χ1v) is 10.9. The summed E-state index contributed by atoms with van der Waals surface area (Å²) in [6.45, 7) is 1.73. The summed E-state index contributed by atoms with van der Waals surface area (Å²) in [5.74, 6) is -1.55. The van der Waals surface area contributed by atoms with Gasteiger partial charge in [-0.1, -0.05) is 60.7 Å². The van der Waals surface area contributed by atoms with Crippen LogP contribution in [0.4, 0.5) is 5.82 Å². The number of nitrogens with zero attached hydrogens (tertiary/aromatic N) is 3. The van der Waals surface area contributed by atoms with E-state index in [2.05, 4.69) is 26.0 Å². The van der Waals surface area contributed by atoms with Crippen molar-refractivity contribution >= 4 is 29.7 Å². The first-order chi connectivity index (χ1) is 17.5. The van der Waals surface area contributed by atoms with Crippen molar-refractivity contribution in [1.29, 1.82) is 0 Å². The second-order valence-corrected chi connectivity index (χ2v) is 7.07. The molecule has 10 heteroatoms. The molecule has 184 valence electrons. The zero-order valence-corrected chi connectivity index (χ0v) is 19.7. The lowest BCUT2D eigenvalue weighted by atomic mass is 10.1. The molecule has 3 rings (SSSR count). The Hall–Kier alpha value is -4.99. The van der Waals surface area contributed by atoms with E-state index in [9.17, 15) is 14.7 Å². The molecule has 0 aliphatic heterocycles. The highest BCUT2D eigenvalue weighted by atomic mass is 16.5. The molecule has 0 radical (unpaired) electrons. The number of rotatable bonds is 10. The monoisotopic (exact) mass is 487 g/mol. The third-order valence-corrected chi connectivity index (χ3v) is 4.67. The number of aliphatic hydroxyl groups excluding tert-OH is 1. The van der Waals surface area contributed by atoms with Crippen LogP contribution in [-0.2, 0) is 19.1 Å². The molecule has 0 spiro atoms. The van der Waals surface area contributed by atoms with Gasteiger partial charge in [0.1, 0.15) is 11.3 Å². The molecular weight excluding hydrogens is 462 g/mol. The van der Waals surface area contributed by atoms with E-state index in [4.69, 9.17) is 9.47 Å². The summed E-state index contributed by atoms with van der Waals surface area (Å²) in [6, 6.07) is 21.5. The number of nitrogens with one attached hydrogen (secondary N) is 2. The molecule has 3 N–H and O–H groups in total. The number of hydrogen-bond donors (Lipinski definition) is 3. The Morgan fingerprint density at radius 2 is 1.67 bits per heavy atom. The Morgan fingerprint density at radius 1 is 0.972 bits per heavy atom. The topological polar surface area (TPSA) is 135 Å². The van der Waals surface area contributed by atoms with Gasteiger partial charge >= 0.3 is 11.9 Å². The van der Waals surface area contributed by atoms with E-state index in [1.165, 1.54) is 13.3 Å². The quantitative estimate of drug-likeness (QED) is 0.129. The van der Waals surface area contributed by atoms with Crippen molar-refractivity contribution in [3.8, 4) is 11.3 Å². The van der Waals surface area contributed by atoms with Crippen molar-refractivity contribution in [1.82, 2.24) is 15.6 Å². The third kappa shape index (κ3) is 7.00. The number of methoxy groups -OCH3 is 1. The standard InChI is InChI=1S/C26H25N5O5/c1-3-36-25(33)20(24(32)19-12-8-5-9-13-19)16-27-22(26(34)35-2)17-28-30-23-15-14-21(29-31-23)18-10-6-4-7-11-18/h4-17,28,32H,3H2,1-2H3,(H,30,31)/b22-17-,24-20+,27-16+. The van der Waals surface area contributed by atoms with Crippen molar-refractivity contribution in [3.63, 3.8) is 0 Å². The highest BCUT2D eigenvalue weighted by Gasteiger charge is 2.17. The van der Waals surface area contributed by atoms with Crippen LogP contribution in [0.5, 0.6) is 0 Å². The summed E-state index contributed by atoms with van der Waals surface area (Å²) in [4.78, 5) is 28.7. The van der Waals surface area contributed by atoms with Crippen LogP contribution in [0.15, 0.2) is 95.3 Å². The molecule has 0 amide bonds. The molecule has 0 fully saturated rings. The van der Waals surface area contributed by atoms with Crippen molar-refractivity contribution in [2.24, 2.45) is 4.99 Å². The van der Waals surface area contributed by atoms with Gasteiger partial charge in [0.2, 0.25) is 0 Å². The molecule has 3 aromatic rings. The Bertz CT molecular complexity index is 1260. The molecule has 0 atom stereocenters. The fourth-order valence-electron chi connectivity index (χ4n) is 2.90. The minimum absolute atomic E-state index is 0.0908. The minimum atomic E-state index is -0.799. The maximum atomic E-state index is 12.4. The van der Waals surface area contributed by atoms with Crippen LogP contribution < -0.4 is 10.9 Å². The minimum Gasteiger partial charge on any atom is -0.506 e. The number of benzene rings is 2. The van der Waals surface area contributed by atoms with Crippen LogP contribution in [0.2, 0.25) is 0 Å². The molecule has 36 heavy (non-hydrogen) atoms. The summed E-state index contributed by atoms with van der Waals surface area (Å²) in [5, 5.41) is 18.9. The van der Waals surface area contributed by atoms with Crippen molar-refractivity contribution < 1.29 is 24.2 Å². The smallest absolute Gasteiger partial charge is 0.358 e. The molecule has 0 aliphatic rings. The van der Waals surface area contributed by atoms with E-state index < -0.39 is 11.9 Å². The number of esters is 2. The molecule has 2 aromatic carbocycles. The highest BCUT2D eigenvalue weighted by Crippen LogP contribution is 2.17.